The molecule has 19 heavy (non-hydrogen) atoms. The number of carbonyl (C=O) groups is 3. The van der Waals surface area contributed by atoms with E-state index in [1.54, 1.807) is 0 Å². The Morgan fingerprint density at radius 2 is 2.16 bits per heavy atom. The van der Waals surface area contributed by atoms with Gasteiger partial charge >= 0.3 is 12.0 Å². The molecule has 0 aromatic rings. The highest BCUT2D eigenvalue weighted by atomic mass is 16.5. The number of ether oxygens (including phenoxy) is 1. The van der Waals surface area contributed by atoms with Crippen LogP contribution in [0.1, 0.15) is 6.92 Å². The number of carboxylic acids is 1. The molecule has 3 amide bonds. The highest BCUT2D eigenvalue weighted by Crippen LogP contribution is 2.11. The molecule has 0 bridgehead atoms. The minimum atomic E-state index is -0.979. The normalized spacial score (nSPS) is 20.7. The van der Waals surface area contributed by atoms with Crippen molar-refractivity contribution in [3.05, 3.63) is 0 Å². The second-order valence-corrected chi connectivity index (χ2v) is 4.59. The molecule has 1 fully saturated rings. The summed E-state index contributed by atoms with van der Waals surface area (Å²) in [4.78, 5) is 36.8. The molecule has 0 radical (unpaired) electrons. The second kappa shape index (κ2) is 6.37. The highest BCUT2D eigenvalue weighted by Gasteiger charge is 2.33. The molecule has 1 heterocycles. The zero-order valence-electron chi connectivity index (χ0n) is 11.0. The van der Waals surface area contributed by atoms with Gasteiger partial charge in [-0.1, -0.05) is 6.92 Å². The van der Waals surface area contributed by atoms with Gasteiger partial charge in [0.15, 0.2) is 0 Å². The van der Waals surface area contributed by atoms with E-state index in [1.165, 1.54) is 23.8 Å². The van der Waals surface area contributed by atoms with Crippen LogP contribution in [0.2, 0.25) is 0 Å². The average molecular weight is 273 g/mol. The fourth-order valence-corrected chi connectivity index (χ4v) is 1.85. The van der Waals surface area contributed by atoms with Crippen LogP contribution in [-0.2, 0) is 14.3 Å². The summed E-state index contributed by atoms with van der Waals surface area (Å²) in [6.07, 6.45) is 0. The molecular formula is C11H19N3O5. The predicted octanol–water partition coefficient (Wildman–Crippen LogP) is -1.05. The van der Waals surface area contributed by atoms with E-state index >= 15 is 0 Å². The number of primary amides is 1. The molecule has 0 aromatic heterocycles. The first-order chi connectivity index (χ1) is 8.84. The summed E-state index contributed by atoms with van der Waals surface area (Å²) in [6.45, 7) is 2.24. The number of urea groups is 1. The molecule has 2 atom stereocenters. The van der Waals surface area contributed by atoms with Crippen molar-refractivity contribution in [2.24, 2.45) is 11.7 Å². The van der Waals surface area contributed by atoms with Crippen LogP contribution in [0, 0.1) is 5.92 Å². The van der Waals surface area contributed by atoms with E-state index in [4.69, 9.17) is 15.6 Å². The summed E-state index contributed by atoms with van der Waals surface area (Å²) in [5, 5.41) is 8.82. The number of nitrogens with two attached hydrogens (primary N) is 1. The van der Waals surface area contributed by atoms with Crippen molar-refractivity contribution in [3.8, 4) is 0 Å². The van der Waals surface area contributed by atoms with Crippen LogP contribution in [0.5, 0.6) is 0 Å². The first-order valence-corrected chi connectivity index (χ1v) is 5.96. The fourth-order valence-electron chi connectivity index (χ4n) is 1.85. The zero-order chi connectivity index (χ0) is 14.6. The molecule has 1 saturated heterocycles. The summed E-state index contributed by atoms with van der Waals surface area (Å²) >= 11 is 0. The van der Waals surface area contributed by atoms with Crippen LogP contribution >= 0.6 is 0 Å². The number of carboxylic acid groups (broad SMARTS) is 1. The van der Waals surface area contributed by atoms with Crippen LogP contribution in [0.4, 0.5) is 4.79 Å². The van der Waals surface area contributed by atoms with E-state index < -0.39 is 29.9 Å². The van der Waals surface area contributed by atoms with Crippen LogP contribution in [0.15, 0.2) is 0 Å². The Hall–Kier alpha value is -1.83. The minimum Gasteiger partial charge on any atom is -0.481 e. The Morgan fingerprint density at radius 3 is 2.68 bits per heavy atom. The summed E-state index contributed by atoms with van der Waals surface area (Å²) in [6, 6.07) is -1.22. The molecule has 1 aliphatic heterocycles. The number of rotatable bonds is 4. The minimum absolute atomic E-state index is 0.0665. The van der Waals surface area contributed by atoms with Crippen LogP contribution in [0.3, 0.4) is 0 Å². The molecule has 0 aliphatic carbocycles. The zero-order valence-corrected chi connectivity index (χ0v) is 11.0. The van der Waals surface area contributed by atoms with Gasteiger partial charge in [-0.2, -0.15) is 0 Å². The Balaban J connectivity index is 2.68. The van der Waals surface area contributed by atoms with E-state index in [1.807, 2.05) is 0 Å². The Labute approximate surface area is 111 Å². The monoisotopic (exact) mass is 273 g/mol. The maximum Gasteiger partial charge on any atom is 0.320 e. The average Bonchev–Trinajstić information content (AvgIpc) is 2.37. The van der Waals surface area contributed by atoms with Gasteiger partial charge in [-0.3, -0.25) is 9.59 Å². The Bertz CT molecular complexity index is 373. The molecule has 3 N–H and O–H groups in total. The standard InChI is InChI=1S/C11H19N3O5/c1-7(10(16)17)5-13(2)11(18)14-3-4-19-6-8(14)9(12)15/h7-8H,3-6H2,1-2H3,(H2,12,15)(H,16,17). The van der Waals surface area contributed by atoms with E-state index in [-0.39, 0.29) is 19.7 Å². The van der Waals surface area contributed by atoms with Crippen molar-refractivity contribution in [3.63, 3.8) is 0 Å². The fraction of sp³-hybridized carbons (Fsp3) is 0.727. The van der Waals surface area contributed by atoms with E-state index in [2.05, 4.69) is 0 Å². The maximum absolute atomic E-state index is 12.2. The van der Waals surface area contributed by atoms with Crippen molar-refractivity contribution < 1.29 is 24.2 Å². The lowest BCUT2D eigenvalue weighted by atomic mass is 10.2. The number of carbonyl (C=O) groups excluding carboxylic acids is 2. The Kier molecular flexibility index (Phi) is 5.11. The number of aliphatic carboxylic acids is 1. The topological polar surface area (TPSA) is 113 Å². The second-order valence-electron chi connectivity index (χ2n) is 4.59. The number of amides is 3. The van der Waals surface area contributed by atoms with Gasteiger partial charge in [-0.15, -0.1) is 0 Å². The first kappa shape index (κ1) is 15.2. The highest BCUT2D eigenvalue weighted by molar-refractivity contribution is 5.86. The van der Waals surface area contributed by atoms with Gasteiger partial charge in [0.25, 0.3) is 0 Å². The maximum atomic E-state index is 12.2. The number of hydrogen-bond acceptors (Lipinski definition) is 4. The number of morpholine rings is 1. The molecule has 1 aliphatic rings. The van der Waals surface area contributed by atoms with Gasteiger partial charge in [0.05, 0.1) is 19.1 Å². The first-order valence-electron chi connectivity index (χ1n) is 5.96. The lowest BCUT2D eigenvalue weighted by Gasteiger charge is -2.36. The molecule has 1 rings (SSSR count). The number of hydrogen-bond donors (Lipinski definition) is 2. The van der Waals surface area contributed by atoms with Crippen molar-refractivity contribution in [2.45, 2.75) is 13.0 Å². The van der Waals surface area contributed by atoms with Gasteiger partial charge < -0.3 is 25.4 Å². The third-order valence-corrected chi connectivity index (χ3v) is 3.00. The summed E-state index contributed by atoms with van der Waals surface area (Å²) in [5.74, 6) is -2.29. The van der Waals surface area contributed by atoms with Crippen molar-refractivity contribution >= 4 is 17.9 Å². The molecule has 0 spiro atoms. The van der Waals surface area contributed by atoms with Gasteiger partial charge in [-0.25, -0.2) is 4.79 Å². The third kappa shape index (κ3) is 3.82. The summed E-state index contributed by atoms with van der Waals surface area (Å²) < 4.78 is 5.12. The Morgan fingerprint density at radius 1 is 1.53 bits per heavy atom. The summed E-state index contributed by atoms with van der Waals surface area (Å²) in [7, 11) is 1.50. The van der Waals surface area contributed by atoms with Gasteiger partial charge in [0, 0.05) is 20.1 Å². The number of nitrogens with zero attached hydrogens (tertiary/aromatic N) is 2. The van der Waals surface area contributed by atoms with Gasteiger partial charge in [0.1, 0.15) is 6.04 Å². The molecule has 0 saturated carbocycles. The van der Waals surface area contributed by atoms with Gasteiger partial charge in [0.2, 0.25) is 5.91 Å². The molecule has 8 heteroatoms. The lowest BCUT2D eigenvalue weighted by molar-refractivity contribution is -0.141. The summed E-state index contributed by atoms with van der Waals surface area (Å²) in [5.41, 5.74) is 5.22. The molecular weight excluding hydrogens is 254 g/mol. The molecule has 0 aromatic carbocycles. The molecule has 2 unspecified atom stereocenters. The lowest BCUT2D eigenvalue weighted by Crippen LogP contribution is -2.58. The quantitative estimate of drug-likeness (QED) is 0.678. The predicted molar refractivity (Wildman–Crippen MR) is 65.3 cm³/mol. The van der Waals surface area contributed by atoms with Crippen molar-refractivity contribution in [2.75, 3.05) is 33.4 Å². The van der Waals surface area contributed by atoms with Crippen LogP contribution in [-0.4, -0.2) is 72.2 Å². The van der Waals surface area contributed by atoms with E-state index in [9.17, 15) is 14.4 Å². The van der Waals surface area contributed by atoms with Crippen LogP contribution in [0.25, 0.3) is 0 Å². The molecule has 8 nitrogen and oxygen atoms in total. The van der Waals surface area contributed by atoms with E-state index in [0.717, 1.165) is 0 Å². The smallest absolute Gasteiger partial charge is 0.320 e. The largest absolute Gasteiger partial charge is 0.481 e. The van der Waals surface area contributed by atoms with Crippen LogP contribution < -0.4 is 5.73 Å². The SMILES string of the molecule is CC(CN(C)C(=O)N1CCOCC1C(N)=O)C(=O)O. The third-order valence-electron chi connectivity index (χ3n) is 3.00. The van der Waals surface area contributed by atoms with Crippen molar-refractivity contribution in [1.29, 1.82) is 0 Å². The van der Waals surface area contributed by atoms with Gasteiger partial charge in [-0.05, 0) is 0 Å². The van der Waals surface area contributed by atoms with Crippen molar-refractivity contribution in [1.82, 2.24) is 9.80 Å². The molecule has 108 valence electrons. The van der Waals surface area contributed by atoms with E-state index in [0.29, 0.717) is 6.61 Å².